The van der Waals surface area contributed by atoms with E-state index in [4.69, 9.17) is 5.11 Å². The van der Waals surface area contributed by atoms with Gasteiger partial charge in [-0.2, -0.15) is 13.2 Å². The fourth-order valence-electron chi connectivity index (χ4n) is 0.714. The average Bonchev–Trinajstić information content (AvgIpc) is 1.83. The molecule has 0 aliphatic rings. The first-order valence-corrected chi connectivity index (χ1v) is 3.38. The quantitative estimate of drug-likeness (QED) is 0.680. The van der Waals surface area contributed by atoms with Gasteiger partial charge in [0.25, 0.3) is 0 Å². The monoisotopic (exact) mass is 182 g/mol. The van der Waals surface area contributed by atoms with Gasteiger partial charge in [-0.1, -0.05) is 13.3 Å². The molecule has 2 nitrogen and oxygen atoms in total. The minimum atomic E-state index is -4.52. The highest BCUT2D eigenvalue weighted by atomic mass is 19.4. The van der Waals surface area contributed by atoms with Crippen molar-refractivity contribution >= 4 is 5.97 Å². The highest BCUT2D eigenvalue weighted by Gasteiger charge is 2.33. The Kier molecular flexibility index (Phi) is 3.79. The summed E-state index contributed by atoms with van der Waals surface area (Å²) < 4.78 is 35.8. The van der Waals surface area contributed by atoms with E-state index in [-0.39, 0.29) is 18.9 Å². The molecule has 1 N–H and O–H groups in total. The van der Waals surface area contributed by atoms with E-state index in [1.165, 1.54) is 0 Å². The number of carboxylic acids is 1. The smallest absolute Gasteiger partial charge is 0.412 e. The summed E-state index contributed by atoms with van der Waals surface area (Å²) in [6, 6.07) is 0. The number of hydrogen-bond donors (Lipinski definition) is 1. The Hall–Kier alpha value is -1.00. The highest BCUT2D eigenvalue weighted by Crippen LogP contribution is 2.28. The van der Waals surface area contributed by atoms with E-state index in [1.54, 1.807) is 6.92 Å². The van der Waals surface area contributed by atoms with Gasteiger partial charge in [-0.3, -0.25) is 0 Å². The molecule has 0 rings (SSSR count). The number of rotatable bonds is 3. The van der Waals surface area contributed by atoms with Gasteiger partial charge < -0.3 is 5.11 Å². The molecule has 0 aliphatic carbocycles. The summed E-state index contributed by atoms with van der Waals surface area (Å²) in [6.07, 6.45) is -4.29. The molecule has 70 valence electrons. The Morgan fingerprint density at radius 2 is 2.00 bits per heavy atom. The van der Waals surface area contributed by atoms with Crippen LogP contribution < -0.4 is 0 Å². The summed E-state index contributed by atoms with van der Waals surface area (Å²) in [4.78, 5) is 9.95. The molecule has 0 unspecified atom stereocenters. The Morgan fingerprint density at radius 3 is 2.25 bits per heavy atom. The van der Waals surface area contributed by atoms with E-state index in [2.05, 4.69) is 0 Å². The molecule has 0 fully saturated rings. The molecule has 0 aliphatic heterocycles. The Labute approximate surface area is 67.7 Å². The van der Waals surface area contributed by atoms with Crippen LogP contribution >= 0.6 is 0 Å². The van der Waals surface area contributed by atoms with Crippen molar-refractivity contribution in [1.82, 2.24) is 0 Å². The SMILES string of the molecule is CCC/C(=C\C(=O)O)C(F)(F)F. The average molecular weight is 182 g/mol. The number of aliphatic carboxylic acids is 1. The summed E-state index contributed by atoms with van der Waals surface area (Å²) in [7, 11) is 0. The summed E-state index contributed by atoms with van der Waals surface area (Å²) >= 11 is 0. The largest absolute Gasteiger partial charge is 0.478 e. The van der Waals surface area contributed by atoms with E-state index in [0.29, 0.717) is 0 Å². The van der Waals surface area contributed by atoms with Gasteiger partial charge in [0, 0.05) is 11.6 Å². The second-order valence-electron chi connectivity index (χ2n) is 2.26. The highest BCUT2D eigenvalue weighted by molar-refractivity contribution is 5.80. The molecule has 0 amide bonds. The first-order valence-electron chi connectivity index (χ1n) is 3.38. The molecule has 0 bridgehead atoms. The molecule has 0 radical (unpaired) electrons. The van der Waals surface area contributed by atoms with Gasteiger partial charge in [-0.25, -0.2) is 4.79 Å². The molecule has 0 spiro atoms. The standard InChI is InChI=1S/C7H9F3O2/c1-2-3-5(4-6(11)12)7(8,9)10/h4H,2-3H2,1H3,(H,11,12)/b5-4+. The van der Waals surface area contributed by atoms with E-state index in [9.17, 15) is 18.0 Å². The first kappa shape index (κ1) is 11.0. The Morgan fingerprint density at radius 1 is 1.50 bits per heavy atom. The normalized spacial score (nSPS) is 13.2. The summed E-state index contributed by atoms with van der Waals surface area (Å²) in [6.45, 7) is 1.56. The maximum atomic E-state index is 11.9. The van der Waals surface area contributed by atoms with Crippen molar-refractivity contribution < 1.29 is 23.1 Å². The van der Waals surface area contributed by atoms with Gasteiger partial charge >= 0.3 is 12.1 Å². The minimum absolute atomic E-state index is 0.212. The number of allylic oxidation sites excluding steroid dienone is 1. The van der Waals surface area contributed by atoms with Crippen LogP contribution in [0.5, 0.6) is 0 Å². The predicted molar refractivity (Wildman–Crippen MR) is 36.7 cm³/mol. The third-order valence-electron chi connectivity index (χ3n) is 1.18. The molecular formula is C7H9F3O2. The summed E-state index contributed by atoms with van der Waals surface area (Å²) in [5, 5.41) is 8.10. The number of carbonyl (C=O) groups is 1. The van der Waals surface area contributed by atoms with Gasteiger partial charge in [0.1, 0.15) is 0 Å². The third kappa shape index (κ3) is 4.00. The van der Waals surface area contributed by atoms with Crippen molar-refractivity contribution in [2.75, 3.05) is 0 Å². The van der Waals surface area contributed by atoms with Crippen LogP contribution in [0.1, 0.15) is 19.8 Å². The van der Waals surface area contributed by atoms with E-state index in [0.717, 1.165) is 0 Å². The van der Waals surface area contributed by atoms with Gasteiger partial charge in [0.2, 0.25) is 0 Å². The zero-order chi connectivity index (χ0) is 9.78. The molecule has 5 heteroatoms. The Bertz CT molecular complexity index is 193. The lowest BCUT2D eigenvalue weighted by molar-refractivity contribution is -0.132. The topological polar surface area (TPSA) is 37.3 Å². The Balaban J connectivity index is 4.55. The summed E-state index contributed by atoms with van der Waals surface area (Å²) in [5.41, 5.74) is -0.988. The van der Waals surface area contributed by atoms with E-state index in [1.807, 2.05) is 0 Å². The maximum absolute atomic E-state index is 11.9. The van der Waals surface area contributed by atoms with Crippen LogP contribution in [0.25, 0.3) is 0 Å². The van der Waals surface area contributed by atoms with Crippen LogP contribution in [0.4, 0.5) is 13.2 Å². The molecule has 0 aromatic heterocycles. The lowest BCUT2D eigenvalue weighted by atomic mass is 10.1. The fraction of sp³-hybridized carbons (Fsp3) is 0.571. The van der Waals surface area contributed by atoms with Crippen molar-refractivity contribution in [1.29, 1.82) is 0 Å². The molecule has 0 aromatic rings. The third-order valence-corrected chi connectivity index (χ3v) is 1.18. The van der Waals surface area contributed by atoms with Crippen LogP contribution in [0.2, 0.25) is 0 Å². The van der Waals surface area contributed by atoms with Gasteiger partial charge in [0.05, 0.1) is 0 Å². The van der Waals surface area contributed by atoms with Crippen LogP contribution in [0.15, 0.2) is 11.6 Å². The lowest BCUT2D eigenvalue weighted by Gasteiger charge is -2.08. The predicted octanol–water partition coefficient (Wildman–Crippen LogP) is 2.36. The van der Waals surface area contributed by atoms with Crippen molar-refractivity contribution in [3.05, 3.63) is 11.6 Å². The van der Waals surface area contributed by atoms with Gasteiger partial charge in [-0.15, -0.1) is 0 Å². The number of alkyl halides is 3. The molecule has 0 saturated heterocycles. The first-order chi connectivity index (χ1) is 5.38. The van der Waals surface area contributed by atoms with Crippen molar-refractivity contribution in [2.24, 2.45) is 0 Å². The molecule has 0 saturated carbocycles. The molecular weight excluding hydrogens is 173 g/mol. The second-order valence-corrected chi connectivity index (χ2v) is 2.26. The maximum Gasteiger partial charge on any atom is 0.412 e. The lowest BCUT2D eigenvalue weighted by Crippen LogP contribution is -2.13. The molecule has 0 atom stereocenters. The van der Waals surface area contributed by atoms with E-state index >= 15 is 0 Å². The van der Waals surface area contributed by atoms with E-state index < -0.39 is 17.7 Å². The molecule has 12 heavy (non-hydrogen) atoms. The van der Waals surface area contributed by atoms with Crippen LogP contribution in [0.3, 0.4) is 0 Å². The van der Waals surface area contributed by atoms with Crippen LogP contribution in [-0.2, 0) is 4.79 Å². The van der Waals surface area contributed by atoms with Crippen molar-refractivity contribution in [3.63, 3.8) is 0 Å². The zero-order valence-corrected chi connectivity index (χ0v) is 6.48. The number of carboxylic acid groups (broad SMARTS) is 1. The number of halogens is 3. The van der Waals surface area contributed by atoms with Gasteiger partial charge in [-0.05, 0) is 6.42 Å². The van der Waals surface area contributed by atoms with Gasteiger partial charge in [0.15, 0.2) is 0 Å². The van der Waals surface area contributed by atoms with Crippen LogP contribution in [-0.4, -0.2) is 17.3 Å². The minimum Gasteiger partial charge on any atom is -0.478 e. The van der Waals surface area contributed by atoms with Crippen molar-refractivity contribution in [3.8, 4) is 0 Å². The van der Waals surface area contributed by atoms with Crippen molar-refractivity contribution in [2.45, 2.75) is 25.9 Å². The summed E-state index contributed by atoms with van der Waals surface area (Å²) in [5.74, 6) is -1.56. The second kappa shape index (κ2) is 4.13. The number of hydrogen-bond acceptors (Lipinski definition) is 1. The fourth-order valence-corrected chi connectivity index (χ4v) is 0.714. The molecule has 0 heterocycles. The van der Waals surface area contributed by atoms with Crippen LogP contribution in [0, 0.1) is 0 Å². The zero-order valence-electron chi connectivity index (χ0n) is 6.48. The molecule has 0 aromatic carbocycles.